The third kappa shape index (κ3) is 8.90. The summed E-state index contributed by atoms with van der Waals surface area (Å²) in [6.45, 7) is 17.0. The topological polar surface area (TPSA) is 35.5 Å². The molecule has 0 aromatic rings. The molecule has 0 saturated heterocycles. The average molecular weight is 292 g/mol. The highest BCUT2D eigenvalue weighted by Gasteiger charge is 2.27. The first-order valence-corrected chi connectivity index (χ1v) is 7.36. The molecule has 0 N–H and O–H groups in total. The van der Waals surface area contributed by atoms with Gasteiger partial charge in [-0.3, -0.25) is 4.79 Å². The van der Waals surface area contributed by atoms with E-state index in [1.54, 1.807) is 0 Å². The van der Waals surface area contributed by atoms with Gasteiger partial charge in [0.15, 0.2) is 5.78 Å². The van der Waals surface area contributed by atoms with Gasteiger partial charge in [0.05, 0.1) is 0 Å². The van der Waals surface area contributed by atoms with E-state index in [4.69, 9.17) is 23.5 Å². The number of Topliss-reactive ketones (excluding diaryl/α,β-unsaturated/α-hetero) is 1. The highest BCUT2D eigenvalue weighted by molar-refractivity contribution is 5.83. The molecule has 21 heavy (non-hydrogen) atoms. The van der Waals surface area contributed by atoms with Gasteiger partial charge in [-0.25, -0.2) is 0 Å². The average Bonchev–Trinajstić information content (AvgIpc) is 2.33. The van der Waals surface area contributed by atoms with Crippen LogP contribution in [0.25, 0.3) is 0 Å². The van der Waals surface area contributed by atoms with Crippen molar-refractivity contribution in [2.24, 2.45) is 11.8 Å². The van der Waals surface area contributed by atoms with Gasteiger partial charge in [0.1, 0.15) is 24.9 Å². The van der Waals surface area contributed by atoms with E-state index in [0.29, 0.717) is 24.7 Å². The second-order valence-corrected chi connectivity index (χ2v) is 6.78. The van der Waals surface area contributed by atoms with Gasteiger partial charge < -0.3 is 9.47 Å². The molecular weight excluding hydrogens is 264 g/mol. The third-order valence-corrected chi connectivity index (χ3v) is 2.98. The SMILES string of the molecule is [CH]OC(C)(C#CC(C)(CC(C)C)OCC([CH])=O)CC(C)C. The Morgan fingerprint density at radius 3 is 1.86 bits per heavy atom. The van der Waals surface area contributed by atoms with Crippen molar-refractivity contribution in [3.05, 3.63) is 14.0 Å². The van der Waals surface area contributed by atoms with Crippen LogP contribution < -0.4 is 0 Å². The predicted molar refractivity (Wildman–Crippen MR) is 84.1 cm³/mol. The van der Waals surface area contributed by atoms with Gasteiger partial charge in [-0.15, -0.1) is 0 Å². The van der Waals surface area contributed by atoms with Crippen LogP contribution in [0.4, 0.5) is 0 Å². The molecule has 4 radical (unpaired) electrons. The third-order valence-electron chi connectivity index (χ3n) is 2.98. The summed E-state index contributed by atoms with van der Waals surface area (Å²) in [6, 6.07) is 0. The maximum Gasteiger partial charge on any atom is 0.163 e. The second-order valence-electron chi connectivity index (χ2n) is 6.78. The second kappa shape index (κ2) is 8.56. The first-order valence-electron chi connectivity index (χ1n) is 7.36. The Morgan fingerprint density at radius 1 is 1.05 bits per heavy atom. The maximum atomic E-state index is 10.9. The molecule has 0 fully saturated rings. The standard InChI is InChI=1S/C18H28O3/c1-14(2)11-17(6,20-8)9-10-18(7,12-15(3)4)21-13-16(5)19/h5,8,14-15H,11-13H2,1-4,6-7H3. The minimum absolute atomic E-state index is 0.151. The van der Waals surface area contributed by atoms with E-state index in [-0.39, 0.29) is 6.61 Å². The predicted octanol–water partition coefficient (Wildman–Crippen LogP) is 3.58. The number of ketones is 1. The highest BCUT2D eigenvalue weighted by Crippen LogP contribution is 2.24. The molecule has 118 valence electrons. The van der Waals surface area contributed by atoms with E-state index in [1.807, 2.05) is 13.8 Å². The summed E-state index contributed by atoms with van der Waals surface area (Å²) < 4.78 is 10.7. The van der Waals surface area contributed by atoms with Crippen molar-refractivity contribution < 1.29 is 14.3 Å². The molecule has 0 aliphatic carbocycles. The molecule has 0 aromatic carbocycles. The fourth-order valence-electron chi connectivity index (χ4n) is 2.33. The smallest absolute Gasteiger partial charge is 0.163 e. The Morgan fingerprint density at radius 2 is 1.48 bits per heavy atom. The van der Waals surface area contributed by atoms with Gasteiger partial charge in [-0.1, -0.05) is 39.5 Å². The van der Waals surface area contributed by atoms with Crippen LogP contribution in [-0.2, 0) is 14.3 Å². The van der Waals surface area contributed by atoms with Gasteiger partial charge in [-0.05, 0) is 38.5 Å². The van der Waals surface area contributed by atoms with Crippen LogP contribution in [0.15, 0.2) is 0 Å². The van der Waals surface area contributed by atoms with E-state index in [2.05, 4.69) is 39.5 Å². The summed E-state index contributed by atoms with van der Waals surface area (Å²) >= 11 is 0. The Balaban J connectivity index is 5.18. The van der Waals surface area contributed by atoms with Crippen molar-refractivity contribution in [1.29, 1.82) is 0 Å². The van der Waals surface area contributed by atoms with Crippen LogP contribution in [-0.4, -0.2) is 23.6 Å². The molecule has 0 aromatic heterocycles. The largest absolute Gasteiger partial charge is 0.355 e. The minimum atomic E-state index is -0.750. The first-order chi connectivity index (χ1) is 9.52. The quantitative estimate of drug-likeness (QED) is 0.641. The Bertz CT molecular complexity index is 389. The summed E-state index contributed by atoms with van der Waals surface area (Å²) in [5.41, 5.74) is -1.48. The monoisotopic (exact) mass is 292 g/mol. The van der Waals surface area contributed by atoms with Crippen LogP contribution in [0.3, 0.4) is 0 Å². The molecule has 3 nitrogen and oxygen atoms in total. The van der Waals surface area contributed by atoms with Crippen LogP contribution in [0.1, 0.15) is 54.4 Å². The molecule has 0 saturated carbocycles. The Labute approximate surface area is 130 Å². The summed E-state index contributed by atoms with van der Waals surface area (Å²) in [6.07, 6.45) is 1.40. The molecule has 2 atom stereocenters. The molecular formula is C18H28O3. The van der Waals surface area contributed by atoms with Gasteiger partial charge in [-0.2, -0.15) is 0 Å². The summed E-state index contributed by atoms with van der Waals surface area (Å²) in [5, 5.41) is 0. The van der Waals surface area contributed by atoms with Gasteiger partial charge in [0, 0.05) is 6.92 Å². The van der Waals surface area contributed by atoms with Crippen LogP contribution in [0.2, 0.25) is 0 Å². The number of hydrogen-bond acceptors (Lipinski definition) is 3. The molecule has 3 heteroatoms. The molecule has 2 unspecified atom stereocenters. The van der Waals surface area contributed by atoms with Crippen LogP contribution in [0, 0.1) is 37.7 Å². The van der Waals surface area contributed by atoms with E-state index >= 15 is 0 Å². The minimum Gasteiger partial charge on any atom is -0.355 e. The molecule has 0 aliphatic heterocycles. The summed E-state index contributed by atoms with van der Waals surface area (Å²) in [5.74, 6) is 6.43. The van der Waals surface area contributed by atoms with Crippen molar-refractivity contribution in [1.82, 2.24) is 0 Å². The number of carbonyl (C=O) groups is 1. The summed E-state index contributed by atoms with van der Waals surface area (Å²) in [7, 11) is 5.39. The van der Waals surface area contributed by atoms with E-state index in [9.17, 15) is 4.79 Å². The Hall–Kier alpha value is -0.850. The maximum absolute atomic E-state index is 10.9. The van der Waals surface area contributed by atoms with E-state index in [1.165, 1.54) is 0 Å². The number of carbonyl (C=O) groups excluding carboxylic acids is 1. The van der Waals surface area contributed by atoms with E-state index < -0.39 is 17.0 Å². The summed E-state index contributed by atoms with van der Waals surface area (Å²) in [4.78, 5) is 10.9. The number of hydrogen-bond donors (Lipinski definition) is 0. The lowest BCUT2D eigenvalue weighted by Crippen LogP contribution is -2.33. The lowest BCUT2D eigenvalue weighted by Gasteiger charge is -2.28. The number of rotatable bonds is 8. The van der Waals surface area contributed by atoms with Gasteiger partial charge >= 0.3 is 0 Å². The fraction of sp³-hybridized carbons (Fsp3) is 0.722. The zero-order valence-corrected chi connectivity index (χ0v) is 14.2. The normalized spacial score (nSPS) is 17.0. The molecule has 0 heterocycles. The highest BCUT2D eigenvalue weighted by atomic mass is 16.5. The zero-order valence-electron chi connectivity index (χ0n) is 14.2. The molecule has 0 bridgehead atoms. The van der Waals surface area contributed by atoms with Crippen molar-refractivity contribution in [3.8, 4) is 11.8 Å². The molecule has 0 amide bonds. The fourth-order valence-corrected chi connectivity index (χ4v) is 2.33. The van der Waals surface area contributed by atoms with Crippen molar-refractivity contribution in [2.75, 3.05) is 6.61 Å². The van der Waals surface area contributed by atoms with Gasteiger partial charge in [0.25, 0.3) is 0 Å². The number of ether oxygens (including phenoxy) is 2. The van der Waals surface area contributed by atoms with Crippen molar-refractivity contribution >= 4 is 5.78 Å². The van der Waals surface area contributed by atoms with Crippen LogP contribution >= 0.6 is 0 Å². The van der Waals surface area contributed by atoms with Crippen molar-refractivity contribution in [2.45, 2.75) is 65.6 Å². The van der Waals surface area contributed by atoms with Gasteiger partial charge in [0.2, 0.25) is 0 Å². The lowest BCUT2D eigenvalue weighted by atomic mass is 9.90. The molecule has 0 rings (SSSR count). The molecule has 0 aliphatic rings. The Kier molecular flexibility index (Phi) is 8.21. The zero-order chi connectivity index (χ0) is 16.7. The van der Waals surface area contributed by atoms with Crippen LogP contribution in [0.5, 0.6) is 0 Å². The molecule has 0 spiro atoms. The first kappa shape index (κ1) is 20.1. The van der Waals surface area contributed by atoms with Crippen molar-refractivity contribution in [3.63, 3.8) is 0 Å². The lowest BCUT2D eigenvalue weighted by molar-refractivity contribution is -0.123. The van der Waals surface area contributed by atoms with E-state index in [0.717, 1.165) is 0 Å².